The van der Waals surface area contributed by atoms with Crippen LogP contribution in [0.4, 0.5) is 40.3 Å². The summed E-state index contributed by atoms with van der Waals surface area (Å²) in [5, 5.41) is 24.4. The van der Waals surface area contributed by atoms with E-state index in [0.717, 1.165) is 43.4 Å². The Balaban J connectivity index is 0.000000308. The number of ketones is 1. The second-order valence-corrected chi connectivity index (χ2v) is 30.8. The predicted molar refractivity (Wildman–Crippen MR) is 385 cm³/mol. The molecule has 0 saturated heterocycles. The van der Waals surface area contributed by atoms with E-state index < -0.39 is 125 Å². The molecule has 1 unspecified atom stereocenters. The van der Waals surface area contributed by atoms with Crippen molar-refractivity contribution in [2.24, 2.45) is 12.1 Å². The van der Waals surface area contributed by atoms with E-state index >= 15 is 0 Å². The van der Waals surface area contributed by atoms with Gasteiger partial charge in [-0.3, -0.25) is 14.9 Å². The minimum atomic E-state index is -4.76. The number of aromatic hydroxyl groups is 1. The minimum absolute atomic E-state index is 0. The van der Waals surface area contributed by atoms with Crippen LogP contribution in [-0.2, 0) is 88.2 Å². The van der Waals surface area contributed by atoms with Crippen LogP contribution in [-0.4, -0.2) is 188 Å². The summed E-state index contributed by atoms with van der Waals surface area (Å²) < 4.78 is 178. The van der Waals surface area contributed by atoms with E-state index in [2.05, 4.69) is 64.7 Å². The summed E-state index contributed by atoms with van der Waals surface area (Å²) in [5.41, 5.74) is -2.81. The van der Waals surface area contributed by atoms with Crippen molar-refractivity contribution in [1.82, 2.24) is 44.1 Å². The molecule has 0 aliphatic carbocycles. The van der Waals surface area contributed by atoms with Crippen LogP contribution in [0.15, 0.2) is 98.7 Å². The maximum absolute atomic E-state index is 12.9. The van der Waals surface area contributed by atoms with Gasteiger partial charge in [-0.1, -0.05) is 29.3 Å². The zero-order valence-corrected chi connectivity index (χ0v) is 68.6. The van der Waals surface area contributed by atoms with E-state index in [1.807, 2.05) is 22.6 Å². The summed E-state index contributed by atoms with van der Waals surface area (Å²) in [7, 11) is -9.36. The van der Waals surface area contributed by atoms with Gasteiger partial charge in [-0.15, -0.1) is 0 Å². The summed E-state index contributed by atoms with van der Waals surface area (Å²) in [6, 6.07) is 12.9. The van der Waals surface area contributed by atoms with Crippen LogP contribution in [0.3, 0.4) is 0 Å². The minimum Gasteiger partial charge on any atom is -0.493 e. The van der Waals surface area contributed by atoms with Crippen molar-refractivity contribution in [2.75, 3.05) is 76.9 Å². The topological polar surface area (TPSA) is 501 Å². The number of benzene rings is 4. The fraction of sp³-hybridized carbons (Fsp3) is 0.311. The van der Waals surface area contributed by atoms with Gasteiger partial charge in [0, 0.05) is 40.4 Å². The summed E-state index contributed by atoms with van der Waals surface area (Å²) in [4.78, 5) is 103. The smallest absolute Gasteiger partial charge is 0.493 e. The number of anilines is 3. The second kappa shape index (κ2) is 38.9. The maximum atomic E-state index is 12.9. The van der Waals surface area contributed by atoms with Gasteiger partial charge in [0.2, 0.25) is 49.4 Å². The number of esters is 4. The molecule has 4 amide bonds. The SMILES string of the molecule is CCOC(=O)C1=NN(c2ccc(Cl)cc2Cl)C(C)(C(=O)OCC)C1.COC(=O)c1ccc(CNS(C)(=O)=O)cc1S(=O)(=O)NC(=O)Nc1nc(OC)cc(OC)n1.COC(=O)c1ccc(I)cc1S(=O)(=O)[N-]C(=O)Nc1nc(C)nc(OC)n1.Cc1nn(C)c(O)c1C(=O)c1ccc(C(F)(F)F)cc1S(C)(=O)=O.[Na+]. The number of amides is 4. The normalized spacial score (nSPS) is 13.2. The van der Waals surface area contributed by atoms with Crippen LogP contribution in [0.5, 0.6) is 23.7 Å². The van der Waals surface area contributed by atoms with Gasteiger partial charge in [-0.2, -0.15) is 43.3 Å². The van der Waals surface area contributed by atoms with Crippen molar-refractivity contribution in [3.05, 3.63) is 142 Å². The van der Waals surface area contributed by atoms with Crippen molar-refractivity contribution >= 4 is 151 Å². The molecule has 4 aromatic carbocycles. The number of hydrogen-bond acceptors (Lipinski definition) is 31. The van der Waals surface area contributed by atoms with Gasteiger partial charge >= 0.3 is 71.7 Å². The van der Waals surface area contributed by atoms with Crippen LogP contribution in [0, 0.1) is 17.4 Å². The Morgan fingerprint density at radius 3 is 1.80 bits per heavy atom. The predicted octanol–water partition coefficient (Wildman–Crippen LogP) is 4.25. The molecule has 0 fully saturated rings. The van der Waals surface area contributed by atoms with Crippen LogP contribution < -0.4 is 68.9 Å². The Morgan fingerprint density at radius 2 is 1.28 bits per heavy atom. The van der Waals surface area contributed by atoms with Crippen molar-refractivity contribution in [1.29, 1.82) is 0 Å². The van der Waals surface area contributed by atoms with Crippen LogP contribution in [0.1, 0.15) is 86.5 Å². The van der Waals surface area contributed by atoms with Gasteiger partial charge in [-0.05, 0) is 130 Å². The maximum Gasteiger partial charge on any atom is 1.00 e. The number of hydrazone groups is 1. The van der Waals surface area contributed by atoms with Crippen molar-refractivity contribution in [3.8, 4) is 23.7 Å². The Hall–Kier alpha value is -9.20. The van der Waals surface area contributed by atoms with E-state index in [1.165, 1.54) is 77.6 Å². The third-order valence-electron chi connectivity index (χ3n) is 13.7. The second-order valence-electron chi connectivity index (χ2n) is 21.6. The number of sulfonamides is 3. The summed E-state index contributed by atoms with van der Waals surface area (Å²) in [6.07, 6.45) is -3.07. The number of alkyl halides is 3. The van der Waals surface area contributed by atoms with Gasteiger partial charge in [0.15, 0.2) is 27.4 Å². The summed E-state index contributed by atoms with van der Waals surface area (Å²) >= 11 is 14.0. The third-order valence-corrected chi connectivity index (χ3v) is 19.4. The van der Waals surface area contributed by atoms with E-state index in [4.69, 9.17) is 46.9 Å². The number of urea groups is 2. The van der Waals surface area contributed by atoms with Crippen molar-refractivity contribution in [3.63, 3.8) is 0 Å². The van der Waals surface area contributed by atoms with Crippen LogP contribution in [0.25, 0.3) is 4.72 Å². The first-order valence-corrected chi connectivity index (χ1v) is 38.5. The molecular weight excluding hydrogens is 1700 g/mol. The number of sulfone groups is 1. The molecule has 3 aromatic heterocycles. The summed E-state index contributed by atoms with van der Waals surface area (Å²) in [5.74, 6) is -4.59. The molecule has 1 atom stereocenters. The molecule has 0 bridgehead atoms. The number of hydrogen-bond donors (Lipinski definition) is 5. The zero-order valence-electron chi connectivity index (χ0n) is 59.6. The molecule has 48 heteroatoms. The Bertz CT molecular complexity index is 5130. The fourth-order valence-corrected chi connectivity index (χ4v) is 13.6. The molecule has 8 rings (SSSR count). The molecule has 1 aliphatic rings. The zero-order chi connectivity index (χ0) is 81.4. The number of rotatable bonds is 22. The van der Waals surface area contributed by atoms with Gasteiger partial charge < -0.3 is 48.3 Å². The Kier molecular flexibility index (Phi) is 32.9. The molecule has 7 aromatic rings. The molecule has 109 heavy (non-hydrogen) atoms. The molecule has 37 nitrogen and oxygen atoms in total. The number of nitrogens with one attached hydrogen (secondary N) is 4. The first-order chi connectivity index (χ1) is 50.2. The number of ether oxygens (including phenoxy) is 7. The molecule has 4 heterocycles. The first kappa shape index (κ1) is 92.2. The molecule has 0 radical (unpaired) electrons. The van der Waals surface area contributed by atoms with E-state index in [9.17, 15) is 85.5 Å². The average molecular weight is 1770 g/mol. The number of halogens is 6. The van der Waals surface area contributed by atoms with E-state index in [0.29, 0.717) is 37.7 Å². The number of carbonyl (C=O) groups excluding carboxylic acids is 7. The third kappa shape index (κ3) is 25.2. The number of nitrogens with zero attached hydrogens (tertiary/aromatic N) is 10. The van der Waals surface area contributed by atoms with Crippen LogP contribution in [0.2, 0.25) is 10.0 Å². The summed E-state index contributed by atoms with van der Waals surface area (Å²) in [6.45, 7) is 8.17. The van der Waals surface area contributed by atoms with Gasteiger partial charge in [-0.25, -0.2) is 81.8 Å². The molecule has 0 spiro atoms. The number of aryl methyl sites for hydroxylation is 3. The fourth-order valence-electron chi connectivity index (χ4n) is 8.89. The van der Waals surface area contributed by atoms with Crippen molar-refractivity contribution < 1.29 is 148 Å². The van der Waals surface area contributed by atoms with E-state index in [1.54, 1.807) is 43.7 Å². The quantitative estimate of drug-likeness (QED) is 0.0208. The van der Waals surface area contributed by atoms with Gasteiger partial charge in [0.1, 0.15) is 22.0 Å². The number of methoxy groups -OCH3 is 5. The Morgan fingerprint density at radius 1 is 0.697 bits per heavy atom. The molecular formula is C61H65Cl2F3IN14NaO23S4. The standard InChI is InChI=1S/C17H21N5O9S2.C16H18Cl2N2O4.C14H13F3N2O4S.C14H14IN5O6S.Na/c1-29-13-8-14(30-2)20-16(19-13)21-17(24)22-33(27,28)12-7-10(9-18-32(4,25)26)5-6-11(12)15(23)31-3;1-4-23-14(21)12-9-16(3,15(22)24-5-2)20(19-12)13-7-6-10(17)8-11(13)18;1-7-11(13(21)19(2)18-7)12(20)9-5-4-8(14(15,16)17)6-10(9)24(3,22)23;1-7-16-12(19-14(17-7)26-3)18-13(22)20-27(23,24)10-6-8(15)4-5-9(10)11(21)25-2;/h5-8,18H,9H2,1-4H3,(H2,19,20,21,22,24);6-8H,4-5,9H2,1-3H3;4-6,21H,1-3H3;4-6H,1-3H3,(H2,16,17,18,19,20,22);/q;;;;+1/p-1. The van der Waals surface area contributed by atoms with Crippen LogP contribution >= 0.6 is 45.8 Å². The largest absolute Gasteiger partial charge is 1.00 e. The van der Waals surface area contributed by atoms with Crippen molar-refractivity contribution in [2.45, 2.75) is 74.0 Å². The molecule has 0 saturated carbocycles. The monoisotopic (exact) mass is 1770 g/mol. The average Bonchev–Trinajstić information content (AvgIpc) is 1.65. The first-order valence-electron chi connectivity index (χ1n) is 30.0. The molecule has 5 N–H and O–H groups in total. The number of aromatic nitrogens is 7. The Labute approximate surface area is 666 Å². The van der Waals surface area contributed by atoms with Gasteiger partial charge in [0.25, 0.3) is 10.0 Å². The molecule has 584 valence electrons. The van der Waals surface area contributed by atoms with E-state index in [-0.39, 0.29) is 125 Å². The number of carbonyl (C=O) groups is 7. The van der Waals surface area contributed by atoms with Gasteiger partial charge in [0.05, 0.1) is 104 Å². The molecule has 1 aliphatic heterocycles.